The smallest absolute Gasteiger partial charge is 0.338 e. The summed E-state index contributed by atoms with van der Waals surface area (Å²) in [7, 11) is 0. The van der Waals surface area contributed by atoms with Crippen molar-refractivity contribution in [2.24, 2.45) is 0 Å². The summed E-state index contributed by atoms with van der Waals surface area (Å²) in [5.41, 5.74) is 2.82. The topological polar surface area (TPSA) is 63.5 Å². The molecule has 0 amide bonds. The fourth-order valence-electron chi connectivity index (χ4n) is 3.32. The summed E-state index contributed by atoms with van der Waals surface area (Å²) in [6.45, 7) is 2.05. The van der Waals surface area contributed by atoms with Crippen molar-refractivity contribution in [2.45, 2.75) is 13.0 Å². The highest BCUT2D eigenvalue weighted by Gasteiger charge is 2.35. The van der Waals surface area contributed by atoms with E-state index in [0.29, 0.717) is 27.9 Å². The Hall–Kier alpha value is -2.90. The standard InChI is InChI=1S/C23H19BrN2O3S/c1-2-28-22(27)19-20(15-6-4-3-5-7-15)25-23(30)26-21(19)18-13-12-17(29-18)14-8-10-16(24)11-9-14/h3-13,21H,2H2,1H3,(H2,25,26,30)/t21-/m0/s1. The van der Waals surface area contributed by atoms with Gasteiger partial charge in [-0.2, -0.15) is 0 Å². The fraction of sp³-hybridized carbons (Fsp3) is 0.130. The molecule has 0 bridgehead atoms. The second-order valence-corrected chi connectivity index (χ2v) is 7.94. The third-order valence-electron chi connectivity index (χ3n) is 4.67. The van der Waals surface area contributed by atoms with Crippen LogP contribution in [-0.2, 0) is 9.53 Å². The van der Waals surface area contributed by atoms with Crippen molar-refractivity contribution >= 4 is 44.9 Å². The van der Waals surface area contributed by atoms with Crippen molar-refractivity contribution in [1.82, 2.24) is 10.6 Å². The third-order valence-corrected chi connectivity index (χ3v) is 5.42. The average Bonchev–Trinajstić information content (AvgIpc) is 3.24. The lowest BCUT2D eigenvalue weighted by Crippen LogP contribution is -2.45. The predicted octanol–water partition coefficient (Wildman–Crippen LogP) is 5.20. The van der Waals surface area contributed by atoms with Crippen molar-refractivity contribution in [3.8, 4) is 11.3 Å². The van der Waals surface area contributed by atoms with E-state index in [0.717, 1.165) is 15.6 Å². The van der Waals surface area contributed by atoms with Gasteiger partial charge >= 0.3 is 5.97 Å². The number of benzene rings is 2. The van der Waals surface area contributed by atoms with E-state index in [4.69, 9.17) is 21.4 Å². The number of halogens is 1. The first kappa shape index (κ1) is 20.4. The van der Waals surface area contributed by atoms with Crippen LogP contribution in [0.4, 0.5) is 0 Å². The molecule has 1 aromatic heterocycles. The maximum atomic E-state index is 12.9. The molecule has 1 aliphatic rings. The van der Waals surface area contributed by atoms with Crippen LogP contribution in [-0.4, -0.2) is 17.7 Å². The fourth-order valence-corrected chi connectivity index (χ4v) is 3.80. The Balaban J connectivity index is 1.80. The van der Waals surface area contributed by atoms with Gasteiger partial charge in [0.1, 0.15) is 17.6 Å². The van der Waals surface area contributed by atoms with Gasteiger partial charge in [-0.3, -0.25) is 0 Å². The lowest BCUT2D eigenvalue weighted by molar-refractivity contribution is -0.138. The number of carbonyl (C=O) groups excluding carboxylic acids is 1. The van der Waals surface area contributed by atoms with E-state index in [1.165, 1.54) is 0 Å². The summed E-state index contributed by atoms with van der Waals surface area (Å²) in [5.74, 6) is 0.854. The highest BCUT2D eigenvalue weighted by atomic mass is 79.9. The number of furan rings is 1. The summed E-state index contributed by atoms with van der Waals surface area (Å²) in [5, 5.41) is 6.69. The maximum Gasteiger partial charge on any atom is 0.338 e. The van der Waals surface area contributed by atoms with Gasteiger partial charge in [0, 0.05) is 10.0 Å². The lowest BCUT2D eigenvalue weighted by Gasteiger charge is -2.29. The number of hydrogen-bond donors (Lipinski definition) is 2. The summed E-state index contributed by atoms with van der Waals surface area (Å²) in [4.78, 5) is 12.9. The zero-order chi connectivity index (χ0) is 21.1. The molecule has 0 saturated heterocycles. The van der Waals surface area contributed by atoms with Gasteiger partial charge < -0.3 is 19.8 Å². The van der Waals surface area contributed by atoms with Crippen LogP contribution in [0.3, 0.4) is 0 Å². The minimum absolute atomic E-state index is 0.268. The summed E-state index contributed by atoms with van der Waals surface area (Å²) in [6, 6.07) is 20.6. The van der Waals surface area contributed by atoms with Crippen LogP contribution >= 0.6 is 28.1 Å². The van der Waals surface area contributed by atoms with E-state index in [2.05, 4.69) is 26.6 Å². The molecule has 0 unspecified atom stereocenters. The molecule has 0 radical (unpaired) electrons. The van der Waals surface area contributed by atoms with Crippen LogP contribution in [0, 0.1) is 0 Å². The molecule has 152 valence electrons. The number of esters is 1. The summed E-state index contributed by atoms with van der Waals surface area (Å²) < 4.78 is 12.5. The van der Waals surface area contributed by atoms with Crippen LogP contribution in [0.5, 0.6) is 0 Å². The zero-order valence-corrected chi connectivity index (χ0v) is 18.5. The Bertz CT molecular complexity index is 1110. The average molecular weight is 483 g/mol. The van der Waals surface area contributed by atoms with E-state index in [9.17, 15) is 4.79 Å². The molecule has 0 saturated carbocycles. The summed E-state index contributed by atoms with van der Waals surface area (Å²) in [6.07, 6.45) is 0. The second kappa shape index (κ2) is 8.85. The maximum absolute atomic E-state index is 12.9. The molecule has 2 heterocycles. The minimum Gasteiger partial charge on any atom is -0.463 e. The van der Waals surface area contributed by atoms with Gasteiger partial charge in [0.25, 0.3) is 0 Å². The van der Waals surface area contributed by atoms with Crippen molar-refractivity contribution in [2.75, 3.05) is 6.61 Å². The van der Waals surface area contributed by atoms with E-state index in [-0.39, 0.29) is 6.61 Å². The molecule has 7 heteroatoms. The number of ether oxygens (including phenoxy) is 1. The number of carbonyl (C=O) groups is 1. The molecule has 4 rings (SSSR count). The van der Waals surface area contributed by atoms with Gasteiger partial charge in [-0.25, -0.2) is 4.79 Å². The highest BCUT2D eigenvalue weighted by molar-refractivity contribution is 9.10. The second-order valence-electron chi connectivity index (χ2n) is 6.62. The number of hydrogen-bond acceptors (Lipinski definition) is 4. The molecule has 30 heavy (non-hydrogen) atoms. The van der Waals surface area contributed by atoms with Crippen LogP contribution < -0.4 is 10.6 Å². The minimum atomic E-state index is -0.572. The third kappa shape index (κ3) is 4.17. The van der Waals surface area contributed by atoms with Gasteiger partial charge in [0.05, 0.1) is 17.9 Å². The van der Waals surface area contributed by atoms with Gasteiger partial charge in [-0.1, -0.05) is 58.4 Å². The first-order valence-electron chi connectivity index (χ1n) is 9.46. The van der Waals surface area contributed by atoms with Gasteiger partial charge in [-0.15, -0.1) is 0 Å². The molecule has 0 aliphatic carbocycles. The Labute approximate surface area is 188 Å². The number of thiocarbonyl (C=S) groups is 1. The number of nitrogens with one attached hydrogen (secondary N) is 2. The quantitative estimate of drug-likeness (QED) is 0.384. The van der Waals surface area contributed by atoms with Gasteiger partial charge in [0.15, 0.2) is 5.11 Å². The van der Waals surface area contributed by atoms with Crippen molar-refractivity contribution in [3.05, 3.63) is 88.1 Å². The van der Waals surface area contributed by atoms with E-state index < -0.39 is 12.0 Å². The molecule has 2 aromatic carbocycles. The van der Waals surface area contributed by atoms with Gasteiger partial charge in [0.2, 0.25) is 0 Å². The largest absolute Gasteiger partial charge is 0.463 e. The van der Waals surface area contributed by atoms with E-state index in [1.54, 1.807) is 6.92 Å². The number of rotatable bonds is 5. The molecular formula is C23H19BrN2O3S. The summed E-state index contributed by atoms with van der Waals surface area (Å²) >= 11 is 8.86. The van der Waals surface area contributed by atoms with Crippen molar-refractivity contribution in [1.29, 1.82) is 0 Å². The molecule has 0 spiro atoms. The highest BCUT2D eigenvalue weighted by Crippen LogP contribution is 2.35. The zero-order valence-electron chi connectivity index (χ0n) is 16.1. The van der Waals surface area contributed by atoms with Crippen LogP contribution in [0.2, 0.25) is 0 Å². The van der Waals surface area contributed by atoms with E-state index in [1.807, 2.05) is 66.7 Å². The Morgan fingerprint density at radius 3 is 2.50 bits per heavy atom. The molecule has 2 N–H and O–H groups in total. The van der Waals surface area contributed by atoms with Crippen LogP contribution in [0.1, 0.15) is 24.3 Å². The molecule has 3 aromatic rings. The Morgan fingerprint density at radius 1 is 1.07 bits per heavy atom. The van der Waals surface area contributed by atoms with Crippen molar-refractivity contribution in [3.63, 3.8) is 0 Å². The van der Waals surface area contributed by atoms with Crippen LogP contribution in [0.15, 0.2) is 81.2 Å². The SMILES string of the molecule is CCOC(=O)C1=C(c2ccccc2)NC(=S)N[C@H]1c1ccc(-c2ccc(Br)cc2)o1. The molecule has 1 aliphatic heterocycles. The molecule has 1 atom stereocenters. The van der Waals surface area contributed by atoms with Crippen molar-refractivity contribution < 1.29 is 13.9 Å². The Kier molecular flexibility index (Phi) is 6.01. The normalized spacial score (nSPS) is 16.1. The first-order chi connectivity index (χ1) is 14.6. The molecule has 0 fully saturated rings. The molecular weight excluding hydrogens is 464 g/mol. The molecule has 5 nitrogen and oxygen atoms in total. The monoisotopic (exact) mass is 482 g/mol. The lowest BCUT2D eigenvalue weighted by atomic mass is 9.96. The predicted molar refractivity (Wildman–Crippen MR) is 123 cm³/mol. The van der Waals surface area contributed by atoms with E-state index >= 15 is 0 Å². The first-order valence-corrected chi connectivity index (χ1v) is 10.7. The van der Waals surface area contributed by atoms with Gasteiger partial charge in [-0.05, 0) is 49.0 Å². The Morgan fingerprint density at radius 2 is 1.80 bits per heavy atom. The van der Waals surface area contributed by atoms with Crippen LogP contribution in [0.25, 0.3) is 17.0 Å².